The van der Waals surface area contributed by atoms with Gasteiger partial charge in [-0.05, 0) is 47.9 Å². The Morgan fingerprint density at radius 2 is 1.81 bits per heavy atom. The summed E-state index contributed by atoms with van der Waals surface area (Å²) in [5.74, 6) is -0.448. The molecule has 2 unspecified atom stereocenters. The van der Waals surface area contributed by atoms with Crippen LogP contribution in [0.2, 0.25) is 5.02 Å². The van der Waals surface area contributed by atoms with Crippen LogP contribution in [-0.2, 0) is 20.9 Å². The van der Waals surface area contributed by atoms with Crippen LogP contribution in [0.15, 0.2) is 42.5 Å². The Balaban J connectivity index is 1.51. The predicted molar refractivity (Wildman–Crippen MR) is 118 cm³/mol. The van der Waals surface area contributed by atoms with E-state index in [1.54, 1.807) is 36.4 Å². The fourth-order valence-corrected chi connectivity index (χ4v) is 3.15. The molecule has 2 aromatic rings. The third-order valence-corrected chi connectivity index (χ3v) is 5.38. The standard InChI is InChI=1S/C23H25ClN2O6/c1-3-14(2)21(26-22(28)16-5-7-17(24)8-6-16)23(29)30-12-20(27)25-11-15-4-9-18-19(10-15)32-13-31-18/h4-10,14,21H,3,11-13H2,1-2H3,(H,25,27)(H,26,28). The summed E-state index contributed by atoms with van der Waals surface area (Å²) in [6, 6.07) is 10.8. The highest BCUT2D eigenvalue weighted by Gasteiger charge is 2.28. The van der Waals surface area contributed by atoms with Crippen molar-refractivity contribution in [2.75, 3.05) is 13.4 Å². The van der Waals surface area contributed by atoms with Crippen molar-refractivity contribution in [2.45, 2.75) is 32.9 Å². The summed E-state index contributed by atoms with van der Waals surface area (Å²) in [7, 11) is 0. The molecule has 2 atom stereocenters. The van der Waals surface area contributed by atoms with Crippen LogP contribution < -0.4 is 20.1 Å². The van der Waals surface area contributed by atoms with Crippen molar-refractivity contribution in [2.24, 2.45) is 5.92 Å². The van der Waals surface area contributed by atoms with E-state index in [0.717, 1.165) is 5.56 Å². The molecule has 1 heterocycles. The lowest BCUT2D eigenvalue weighted by Gasteiger charge is -2.22. The minimum atomic E-state index is -0.884. The minimum Gasteiger partial charge on any atom is -0.454 e. The maximum atomic E-state index is 12.6. The van der Waals surface area contributed by atoms with Crippen molar-refractivity contribution in [3.63, 3.8) is 0 Å². The number of rotatable bonds is 9. The first kappa shape index (κ1) is 23.4. The van der Waals surface area contributed by atoms with E-state index in [1.165, 1.54) is 0 Å². The summed E-state index contributed by atoms with van der Waals surface area (Å²) in [4.78, 5) is 37.3. The molecule has 0 spiro atoms. The quantitative estimate of drug-likeness (QED) is 0.557. The zero-order valence-corrected chi connectivity index (χ0v) is 18.6. The number of hydrogen-bond acceptors (Lipinski definition) is 6. The van der Waals surface area contributed by atoms with E-state index in [-0.39, 0.29) is 19.3 Å². The van der Waals surface area contributed by atoms with E-state index in [2.05, 4.69) is 10.6 Å². The van der Waals surface area contributed by atoms with Gasteiger partial charge in [-0.15, -0.1) is 0 Å². The van der Waals surface area contributed by atoms with Crippen LogP contribution in [0.5, 0.6) is 11.5 Å². The minimum absolute atomic E-state index is 0.174. The highest BCUT2D eigenvalue weighted by atomic mass is 35.5. The highest BCUT2D eigenvalue weighted by Crippen LogP contribution is 2.32. The third-order valence-electron chi connectivity index (χ3n) is 5.13. The van der Waals surface area contributed by atoms with Crippen molar-refractivity contribution >= 4 is 29.4 Å². The number of fused-ring (bicyclic) bond motifs is 1. The first-order chi connectivity index (χ1) is 15.4. The molecule has 1 aliphatic heterocycles. The summed E-state index contributed by atoms with van der Waals surface area (Å²) >= 11 is 5.85. The second-order valence-corrected chi connectivity index (χ2v) is 7.85. The van der Waals surface area contributed by atoms with E-state index >= 15 is 0 Å². The van der Waals surface area contributed by atoms with Gasteiger partial charge in [-0.3, -0.25) is 9.59 Å². The monoisotopic (exact) mass is 460 g/mol. The largest absolute Gasteiger partial charge is 0.454 e. The molecule has 170 valence electrons. The average Bonchev–Trinajstić information content (AvgIpc) is 3.27. The first-order valence-electron chi connectivity index (χ1n) is 10.3. The van der Waals surface area contributed by atoms with Gasteiger partial charge in [0.2, 0.25) is 6.79 Å². The molecule has 0 fully saturated rings. The Bertz CT molecular complexity index is 979. The van der Waals surface area contributed by atoms with Crippen molar-refractivity contribution in [3.8, 4) is 11.5 Å². The van der Waals surface area contributed by atoms with E-state index in [4.69, 9.17) is 25.8 Å². The Morgan fingerprint density at radius 1 is 1.09 bits per heavy atom. The number of benzene rings is 2. The van der Waals surface area contributed by atoms with Crippen molar-refractivity contribution in [3.05, 3.63) is 58.6 Å². The number of hydrogen-bond donors (Lipinski definition) is 2. The predicted octanol–water partition coefficient (Wildman–Crippen LogP) is 3.07. The molecule has 2 aromatic carbocycles. The van der Waals surface area contributed by atoms with Crippen molar-refractivity contribution < 1.29 is 28.6 Å². The van der Waals surface area contributed by atoms with Gasteiger partial charge in [-0.25, -0.2) is 4.79 Å². The number of nitrogens with one attached hydrogen (secondary N) is 2. The van der Waals surface area contributed by atoms with Gasteiger partial charge in [0, 0.05) is 17.1 Å². The fourth-order valence-electron chi connectivity index (χ4n) is 3.02. The zero-order valence-electron chi connectivity index (χ0n) is 17.9. The van der Waals surface area contributed by atoms with Gasteiger partial charge in [-0.2, -0.15) is 0 Å². The molecule has 0 radical (unpaired) electrons. The smallest absolute Gasteiger partial charge is 0.329 e. The van der Waals surface area contributed by atoms with Crippen LogP contribution in [0.1, 0.15) is 36.2 Å². The average molecular weight is 461 g/mol. The molecule has 8 nitrogen and oxygen atoms in total. The molecule has 1 aliphatic rings. The molecule has 0 aliphatic carbocycles. The van der Waals surface area contributed by atoms with Crippen LogP contribution in [0, 0.1) is 5.92 Å². The second kappa shape index (κ2) is 10.9. The molecule has 3 rings (SSSR count). The van der Waals surface area contributed by atoms with Gasteiger partial charge in [-0.1, -0.05) is 37.9 Å². The van der Waals surface area contributed by atoms with E-state index in [9.17, 15) is 14.4 Å². The number of carbonyl (C=O) groups is 3. The molecule has 2 amide bonds. The normalized spacial score (nSPS) is 13.7. The lowest BCUT2D eigenvalue weighted by Crippen LogP contribution is -2.46. The van der Waals surface area contributed by atoms with Gasteiger partial charge in [0.05, 0.1) is 0 Å². The number of halogens is 1. The number of carbonyl (C=O) groups excluding carboxylic acids is 3. The summed E-state index contributed by atoms with van der Waals surface area (Å²) in [5.41, 5.74) is 1.19. The summed E-state index contributed by atoms with van der Waals surface area (Å²) in [5, 5.41) is 5.89. The van der Waals surface area contributed by atoms with Gasteiger partial charge in [0.25, 0.3) is 11.8 Å². The Kier molecular flexibility index (Phi) is 7.94. The van der Waals surface area contributed by atoms with Crippen LogP contribution in [0.25, 0.3) is 0 Å². The fraction of sp³-hybridized carbons (Fsp3) is 0.348. The molecule has 0 bridgehead atoms. The lowest BCUT2D eigenvalue weighted by molar-refractivity contribution is -0.151. The molecule has 9 heteroatoms. The Morgan fingerprint density at radius 3 is 2.53 bits per heavy atom. The number of esters is 1. The molecule has 32 heavy (non-hydrogen) atoms. The molecule has 0 saturated heterocycles. The van der Waals surface area contributed by atoms with Crippen molar-refractivity contribution in [1.29, 1.82) is 0 Å². The van der Waals surface area contributed by atoms with Crippen molar-refractivity contribution in [1.82, 2.24) is 10.6 Å². The first-order valence-corrected chi connectivity index (χ1v) is 10.6. The van der Waals surface area contributed by atoms with E-state index < -0.39 is 30.4 Å². The van der Waals surface area contributed by atoms with E-state index in [1.807, 2.05) is 19.9 Å². The number of amides is 2. The van der Waals surface area contributed by atoms with Gasteiger partial charge in [0.15, 0.2) is 18.1 Å². The van der Waals surface area contributed by atoms with Crippen LogP contribution >= 0.6 is 11.6 Å². The molecule has 2 N–H and O–H groups in total. The second-order valence-electron chi connectivity index (χ2n) is 7.42. The Hall–Kier alpha value is -3.26. The highest BCUT2D eigenvalue weighted by molar-refractivity contribution is 6.30. The molecular weight excluding hydrogens is 436 g/mol. The van der Waals surface area contributed by atoms with Crippen LogP contribution in [0.3, 0.4) is 0 Å². The third kappa shape index (κ3) is 6.13. The zero-order chi connectivity index (χ0) is 23.1. The summed E-state index contributed by atoms with van der Waals surface area (Å²) < 4.78 is 15.7. The molecular formula is C23H25ClN2O6. The van der Waals surface area contributed by atoms with Gasteiger partial charge in [0.1, 0.15) is 6.04 Å². The molecule has 0 aromatic heterocycles. The van der Waals surface area contributed by atoms with Crippen LogP contribution in [-0.4, -0.2) is 37.2 Å². The van der Waals surface area contributed by atoms with Gasteiger partial charge < -0.3 is 24.8 Å². The van der Waals surface area contributed by atoms with Crippen LogP contribution in [0.4, 0.5) is 0 Å². The SMILES string of the molecule is CCC(C)C(NC(=O)c1ccc(Cl)cc1)C(=O)OCC(=O)NCc1ccc2c(c1)OCO2. The summed E-state index contributed by atoms with van der Waals surface area (Å²) in [6.07, 6.45) is 0.636. The maximum Gasteiger partial charge on any atom is 0.329 e. The maximum absolute atomic E-state index is 12.6. The lowest BCUT2D eigenvalue weighted by atomic mass is 9.99. The number of ether oxygens (including phenoxy) is 3. The van der Waals surface area contributed by atoms with E-state index in [0.29, 0.717) is 28.5 Å². The topological polar surface area (TPSA) is 103 Å². The Labute approximate surface area is 191 Å². The summed E-state index contributed by atoms with van der Waals surface area (Å²) in [6.45, 7) is 3.69. The van der Waals surface area contributed by atoms with Gasteiger partial charge >= 0.3 is 5.97 Å². The molecule has 0 saturated carbocycles.